The Morgan fingerprint density at radius 2 is 2.11 bits per heavy atom. The van der Waals surface area contributed by atoms with Crippen LogP contribution in [0.2, 0.25) is 0 Å². The second-order valence-electron chi connectivity index (χ2n) is 6.46. The fraction of sp³-hybridized carbons (Fsp3) is 0.238. The number of rotatable bonds is 5. The molecular weight excluding hydrogens is 420 g/mol. The summed E-state index contributed by atoms with van der Waals surface area (Å²) < 4.78 is 6.86. The van der Waals surface area contributed by atoms with Crippen molar-refractivity contribution in [3.8, 4) is 5.69 Å². The zero-order valence-corrected chi connectivity index (χ0v) is 17.0. The molecule has 1 aliphatic rings. The molecule has 1 aliphatic heterocycles. The zero-order valence-electron chi connectivity index (χ0n) is 15.4. The SMILES string of the molecule is COC(=O)CC[C@@H]1N=C(c2ccccn2)c2cc(CBr)ccc2-n2ccnc21. The number of nitrogens with zero attached hydrogens (tertiary/aromatic N) is 4. The Labute approximate surface area is 171 Å². The molecule has 0 aliphatic carbocycles. The predicted molar refractivity (Wildman–Crippen MR) is 110 cm³/mol. The summed E-state index contributed by atoms with van der Waals surface area (Å²) in [7, 11) is 1.40. The lowest BCUT2D eigenvalue weighted by Gasteiger charge is -2.12. The number of imidazole rings is 1. The minimum absolute atomic E-state index is 0.254. The monoisotopic (exact) mass is 438 g/mol. The highest BCUT2D eigenvalue weighted by Gasteiger charge is 2.27. The average molecular weight is 439 g/mol. The first-order chi connectivity index (χ1) is 13.7. The number of fused-ring (bicyclic) bond motifs is 3. The molecule has 0 spiro atoms. The highest BCUT2D eigenvalue weighted by atomic mass is 79.9. The molecule has 7 heteroatoms. The van der Waals surface area contributed by atoms with Crippen LogP contribution in [0.4, 0.5) is 0 Å². The van der Waals surface area contributed by atoms with Gasteiger partial charge in [-0.25, -0.2) is 4.98 Å². The summed E-state index contributed by atoms with van der Waals surface area (Å²) in [5, 5.41) is 0.748. The molecule has 2 aromatic heterocycles. The molecule has 1 atom stereocenters. The molecule has 0 saturated carbocycles. The molecular formula is C21H19BrN4O2. The molecule has 0 saturated heterocycles. The smallest absolute Gasteiger partial charge is 0.305 e. The lowest BCUT2D eigenvalue weighted by Crippen LogP contribution is -2.09. The normalized spacial score (nSPS) is 15.2. The number of alkyl halides is 1. The molecule has 0 bridgehead atoms. The standard InChI is InChI=1S/C21H19BrN4O2/c1-28-19(27)8-6-17-21-24-10-11-26(21)18-7-5-14(13-22)12-15(18)20(25-17)16-4-2-3-9-23-16/h2-5,7,9-12,17H,6,8,13H2,1H3/t17-/m0/s1. The number of ether oxygens (including phenoxy) is 1. The van der Waals surface area contributed by atoms with Crippen molar-refractivity contribution in [1.82, 2.24) is 14.5 Å². The van der Waals surface area contributed by atoms with E-state index < -0.39 is 0 Å². The molecule has 4 rings (SSSR count). The van der Waals surface area contributed by atoms with Gasteiger partial charge in [0.25, 0.3) is 0 Å². The molecule has 6 nitrogen and oxygen atoms in total. The Bertz CT molecular complexity index is 1030. The summed E-state index contributed by atoms with van der Waals surface area (Å²) in [5.41, 5.74) is 4.75. The summed E-state index contributed by atoms with van der Waals surface area (Å²) >= 11 is 3.54. The van der Waals surface area contributed by atoms with Crippen molar-refractivity contribution in [2.45, 2.75) is 24.2 Å². The van der Waals surface area contributed by atoms with Crippen molar-refractivity contribution in [2.24, 2.45) is 4.99 Å². The number of carbonyl (C=O) groups excluding carboxylic acids is 1. The Morgan fingerprint density at radius 3 is 2.86 bits per heavy atom. The fourth-order valence-electron chi connectivity index (χ4n) is 3.37. The van der Waals surface area contributed by atoms with Gasteiger partial charge >= 0.3 is 5.97 Å². The van der Waals surface area contributed by atoms with Crippen molar-refractivity contribution in [2.75, 3.05) is 7.11 Å². The number of benzene rings is 1. The molecule has 0 fully saturated rings. The number of hydrogen-bond donors (Lipinski definition) is 0. The summed E-state index contributed by atoms with van der Waals surface area (Å²) in [6.07, 6.45) is 6.25. The van der Waals surface area contributed by atoms with Crippen LogP contribution < -0.4 is 0 Å². The average Bonchev–Trinajstić information content (AvgIpc) is 3.19. The second-order valence-corrected chi connectivity index (χ2v) is 7.02. The largest absolute Gasteiger partial charge is 0.469 e. The predicted octanol–water partition coefficient (Wildman–Crippen LogP) is 4.01. The van der Waals surface area contributed by atoms with Gasteiger partial charge in [0.05, 0.1) is 24.2 Å². The van der Waals surface area contributed by atoms with E-state index in [4.69, 9.17) is 9.73 Å². The highest BCUT2D eigenvalue weighted by molar-refractivity contribution is 9.08. The van der Waals surface area contributed by atoms with Crippen molar-refractivity contribution < 1.29 is 9.53 Å². The van der Waals surface area contributed by atoms with Crippen LogP contribution in [0.25, 0.3) is 5.69 Å². The third-order valence-electron chi connectivity index (χ3n) is 4.74. The lowest BCUT2D eigenvalue weighted by atomic mass is 10.0. The quantitative estimate of drug-likeness (QED) is 0.445. The molecule has 1 aromatic carbocycles. The zero-order chi connectivity index (χ0) is 19.5. The van der Waals surface area contributed by atoms with Gasteiger partial charge in [-0.1, -0.05) is 28.1 Å². The minimum atomic E-state index is -0.272. The maximum absolute atomic E-state index is 11.7. The molecule has 0 unspecified atom stereocenters. The van der Waals surface area contributed by atoms with Gasteiger partial charge in [-0.2, -0.15) is 0 Å². The fourth-order valence-corrected chi connectivity index (χ4v) is 3.72. The number of methoxy groups -OCH3 is 1. The number of carbonyl (C=O) groups is 1. The van der Waals surface area contributed by atoms with E-state index in [9.17, 15) is 4.79 Å². The van der Waals surface area contributed by atoms with Crippen molar-refractivity contribution in [3.05, 3.63) is 77.6 Å². The number of esters is 1. The lowest BCUT2D eigenvalue weighted by molar-refractivity contribution is -0.140. The molecule has 142 valence electrons. The van der Waals surface area contributed by atoms with E-state index in [-0.39, 0.29) is 18.4 Å². The van der Waals surface area contributed by atoms with Crippen LogP contribution >= 0.6 is 15.9 Å². The summed E-state index contributed by atoms with van der Waals surface area (Å²) in [6.45, 7) is 0. The minimum Gasteiger partial charge on any atom is -0.469 e. The number of aromatic nitrogens is 3. The van der Waals surface area contributed by atoms with Gasteiger partial charge in [0.1, 0.15) is 11.9 Å². The van der Waals surface area contributed by atoms with Gasteiger partial charge in [0.2, 0.25) is 0 Å². The van der Waals surface area contributed by atoms with Crippen LogP contribution in [-0.4, -0.2) is 33.3 Å². The number of halogens is 1. The summed E-state index contributed by atoms with van der Waals surface area (Å²) in [5.74, 6) is 0.554. The van der Waals surface area contributed by atoms with Gasteiger partial charge in [-0.15, -0.1) is 0 Å². The van der Waals surface area contributed by atoms with Crippen molar-refractivity contribution in [1.29, 1.82) is 0 Å². The maximum Gasteiger partial charge on any atom is 0.305 e. The van der Waals surface area contributed by atoms with Gasteiger partial charge < -0.3 is 9.30 Å². The van der Waals surface area contributed by atoms with Gasteiger partial charge in [0.15, 0.2) is 0 Å². The molecule has 3 aromatic rings. The third-order valence-corrected chi connectivity index (χ3v) is 5.39. The third kappa shape index (κ3) is 3.49. The van der Waals surface area contributed by atoms with Crippen LogP contribution in [-0.2, 0) is 14.9 Å². The van der Waals surface area contributed by atoms with E-state index in [0.29, 0.717) is 6.42 Å². The van der Waals surface area contributed by atoms with E-state index in [0.717, 1.165) is 39.4 Å². The van der Waals surface area contributed by atoms with Crippen molar-refractivity contribution in [3.63, 3.8) is 0 Å². The van der Waals surface area contributed by atoms with E-state index in [1.54, 1.807) is 12.4 Å². The number of aliphatic imine (C=N–C) groups is 1. The van der Waals surface area contributed by atoms with Crippen LogP contribution in [0.1, 0.15) is 41.5 Å². The van der Waals surface area contributed by atoms with Crippen molar-refractivity contribution >= 4 is 27.6 Å². The molecule has 0 amide bonds. The van der Waals surface area contributed by atoms with Crippen LogP contribution in [0.15, 0.2) is 60.0 Å². The topological polar surface area (TPSA) is 69.4 Å². The highest BCUT2D eigenvalue weighted by Crippen LogP contribution is 2.32. The van der Waals surface area contributed by atoms with Crippen LogP contribution in [0.5, 0.6) is 0 Å². The van der Waals surface area contributed by atoms with Gasteiger partial charge in [-0.05, 0) is 36.2 Å². The summed E-state index contributed by atoms with van der Waals surface area (Å²) in [6, 6.07) is 11.8. The molecule has 3 heterocycles. The first-order valence-corrected chi connectivity index (χ1v) is 10.1. The van der Waals surface area contributed by atoms with Gasteiger partial charge in [0, 0.05) is 35.9 Å². The number of pyridine rings is 1. The Balaban J connectivity index is 1.89. The van der Waals surface area contributed by atoms with E-state index in [2.05, 4.69) is 48.7 Å². The second kappa shape index (κ2) is 8.06. The van der Waals surface area contributed by atoms with E-state index in [1.165, 1.54) is 7.11 Å². The first-order valence-electron chi connectivity index (χ1n) is 9.00. The number of hydrogen-bond acceptors (Lipinski definition) is 5. The Hall–Kier alpha value is -2.80. The van der Waals surface area contributed by atoms with Crippen LogP contribution in [0.3, 0.4) is 0 Å². The van der Waals surface area contributed by atoms with Gasteiger partial charge in [-0.3, -0.25) is 14.8 Å². The Morgan fingerprint density at radius 1 is 1.21 bits per heavy atom. The molecule has 28 heavy (non-hydrogen) atoms. The molecule has 0 N–H and O–H groups in total. The summed E-state index contributed by atoms with van der Waals surface area (Å²) in [4.78, 5) is 25.8. The van der Waals surface area contributed by atoms with E-state index in [1.807, 2.05) is 24.4 Å². The Kier molecular flexibility index (Phi) is 5.34. The first kappa shape index (κ1) is 18.6. The maximum atomic E-state index is 11.7. The van der Waals surface area contributed by atoms with Crippen LogP contribution in [0, 0.1) is 0 Å². The van der Waals surface area contributed by atoms with E-state index >= 15 is 0 Å². The molecule has 0 radical (unpaired) electrons.